The summed E-state index contributed by atoms with van der Waals surface area (Å²) in [6.45, 7) is 0. The molecule has 0 saturated heterocycles. The summed E-state index contributed by atoms with van der Waals surface area (Å²) < 4.78 is 36.8. The lowest BCUT2D eigenvalue weighted by Gasteiger charge is -2.08. The quantitative estimate of drug-likeness (QED) is 0.497. The summed E-state index contributed by atoms with van der Waals surface area (Å²) in [4.78, 5) is 9.90. The van der Waals surface area contributed by atoms with Gasteiger partial charge in [-0.2, -0.15) is 13.2 Å². The lowest BCUT2D eigenvalue weighted by atomic mass is 10.1. The van der Waals surface area contributed by atoms with Crippen molar-refractivity contribution >= 4 is 17.9 Å². The summed E-state index contributed by atoms with van der Waals surface area (Å²) in [5, 5.41) is -0.430. The molecule has 1 aromatic carbocycles. The van der Waals surface area contributed by atoms with Crippen LogP contribution in [0.15, 0.2) is 18.2 Å². The van der Waals surface area contributed by atoms with E-state index in [-0.39, 0.29) is 5.56 Å². The molecule has 1 nitrogen and oxygen atoms in total. The molecule has 0 unspecified atom stereocenters. The molecule has 1 rings (SSSR count). The summed E-state index contributed by atoms with van der Waals surface area (Å²) in [5.74, 6) is 4.42. The van der Waals surface area contributed by atoms with Gasteiger partial charge in [-0.25, -0.2) is 0 Å². The molecule has 0 radical (unpaired) electrons. The number of hydrogen-bond donors (Lipinski definition) is 0. The molecule has 0 amide bonds. The molecule has 0 aliphatic heterocycles. The van der Waals surface area contributed by atoms with Gasteiger partial charge in [0.1, 0.15) is 0 Å². The molecule has 0 fully saturated rings. The van der Waals surface area contributed by atoms with Crippen LogP contribution in [0, 0.1) is 11.8 Å². The van der Waals surface area contributed by atoms with E-state index in [0.717, 1.165) is 18.2 Å². The number of benzene rings is 1. The van der Waals surface area contributed by atoms with Gasteiger partial charge in [-0.3, -0.25) is 4.79 Å². The minimum atomic E-state index is -4.48. The first-order valence-electron chi connectivity index (χ1n) is 3.77. The Bertz CT molecular complexity index is 440. The fourth-order valence-electron chi connectivity index (χ4n) is 0.936. The van der Waals surface area contributed by atoms with Crippen molar-refractivity contribution in [3.8, 4) is 11.8 Å². The molecule has 5 heteroatoms. The van der Waals surface area contributed by atoms with Crippen molar-refractivity contribution in [1.29, 1.82) is 0 Å². The summed E-state index contributed by atoms with van der Waals surface area (Å²) in [5.41, 5.74) is -0.652. The standard InChI is InChI=1S/C10H4ClF3O/c11-9-6-7(2-1-5-15)3-4-8(9)10(12,13)14/h3-6H. The number of rotatable bonds is 0. The van der Waals surface area contributed by atoms with Gasteiger partial charge >= 0.3 is 6.18 Å². The second-order valence-electron chi connectivity index (χ2n) is 2.58. The van der Waals surface area contributed by atoms with Crippen molar-refractivity contribution in [2.24, 2.45) is 0 Å². The van der Waals surface area contributed by atoms with Crippen LogP contribution in [-0.2, 0) is 11.0 Å². The number of hydrogen-bond acceptors (Lipinski definition) is 1. The van der Waals surface area contributed by atoms with E-state index in [1.165, 1.54) is 0 Å². The van der Waals surface area contributed by atoms with Crippen LogP contribution in [0.4, 0.5) is 13.2 Å². The Morgan fingerprint density at radius 3 is 2.47 bits per heavy atom. The van der Waals surface area contributed by atoms with Crippen molar-refractivity contribution in [1.82, 2.24) is 0 Å². The van der Waals surface area contributed by atoms with Crippen LogP contribution in [0.1, 0.15) is 11.1 Å². The molecular formula is C10H4ClF3O. The molecule has 0 heterocycles. The Labute approximate surface area is 88.9 Å². The highest BCUT2D eigenvalue weighted by Gasteiger charge is 2.32. The maximum atomic E-state index is 12.3. The van der Waals surface area contributed by atoms with Crippen LogP contribution in [0.25, 0.3) is 0 Å². The van der Waals surface area contributed by atoms with E-state index in [1.807, 2.05) is 0 Å². The summed E-state index contributed by atoms with van der Waals surface area (Å²) in [6, 6.07) is 3.06. The third kappa shape index (κ3) is 3.00. The van der Waals surface area contributed by atoms with Gasteiger partial charge < -0.3 is 0 Å². The van der Waals surface area contributed by atoms with Crippen molar-refractivity contribution < 1.29 is 18.0 Å². The second kappa shape index (κ2) is 4.37. The SMILES string of the molecule is O=CC#Cc1ccc(C(F)(F)F)c(Cl)c1. The van der Waals surface area contributed by atoms with Gasteiger partial charge in [0, 0.05) is 5.56 Å². The summed E-state index contributed by atoms with van der Waals surface area (Å²) >= 11 is 5.42. The highest BCUT2D eigenvalue weighted by molar-refractivity contribution is 6.31. The normalized spacial score (nSPS) is 10.4. The first-order chi connectivity index (χ1) is 6.95. The maximum absolute atomic E-state index is 12.3. The smallest absolute Gasteiger partial charge is 0.289 e. The Hall–Kier alpha value is -1.47. The van der Waals surface area contributed by atoms with E-state index >= 15 is 0 Å². The molecule has 15 heavy (non-hydrogen) atoms. The third-order valence-electron chi connectivity index (χ3n) is 1.55. The van der Waals surface area contributed by atoms with Gasteiger partial charge in [0.15, 0.2) is 6.29 Å². The zero-order chi connectivity index (χ0) is 11.5. The molecular weight excluding hydrogens is 229 g/mol. The van der Waals surface area contributed by atoms with E-state index in [4.69, 9.17) is 11.6 Å². The van der Waals surface area contributed by atoms with E-state index < -0.39 is 16.8 Å². The van der Waals surface area contributed by atoms with Crippen LogP contribution in [0.2, 0.25) is 5.02 Å². The maximum Gasteiger partial charge on any atom is 0.417 e. The molecule has 0 atom stereocenters. The Kier molecular flexibility index (Phi) is 3.38. The highest BCUT2D eigenvalue weighted by Crippen LogP contribution is 2.34. The van der Waals surface area contributed by atoms with Crippen LogP contribution < -0.4 is 0 Å². The van der Waals surface area contributed by atoms with E-state index in [1.54, 1.807) is 0 Å². The minimum Gasteiger partial charge on any atom is -0.289 e. The largest absolute Gasteiger partial charge is 0.417 e. The molecule has 1 aromatic rings. The second-order valence-corrected chi connectivity index (χ2v) is 2.99. The fourth-order valence-corrected chi connectivity index (χ4v) is 1.22. The van der Waals surface area contributed by atoms with Crippen molar-refractivity contribution in [3.63, 3.8) is 0 Å². The molecule has 0 aliphatic rings. The number of carbonyl (C=O) groups is 1. The van der Waals surface area contributed by atoms with Crippen molar-refractivity contribution in [2.75, 3.05) is 0 Å². The minimum absolute atomic E-state index is 0.264. The van der Waals surface area contributed by atoms with Gasteiger partial charge in [-0.15, -0.1) is 0 Å². The van der Waals surface area contributed by atoms with Gasteiger partial charge in [0.05, 0.1) is 10.6 Å². The molecule has 78 valence electrons. The molecule has 0 spiro atoms. The van der Waals surface area contributed by atoms with Crippen LogP contribution in [0.3, 0.4) is 0 Å². The average molecular weight is 233 g/mol. The Morgan fingerprint density at radius 1 is 1.33 bits per heavy atom. The third-order valence-corrected chi connectivity index (χ3v) is 1.86. The first kappa shape index (κ1) is 11.6. The molecule has 0 N–H and O–H groups in total. The van der Waals surface area contributed by atoms with Gasteiger partial charge in [0.2, 0.25) is 0 Å². The molecule has 0 aliphatic carbocycles. The van der Waals surface area contributed by atoms with E-state index in [9.17, 15) is 18.0 Å². The number of halogens is 4. The first-order valence-corrected chi connectivity index (χ1v) is 4.15. The molecule has 0 aromatic heterocycles. The van der Waals surface area contributed by atoms with Crippen LogP contribution in [-0.4, -0.2) is 6.29 Å². The van der Waals surface area contributed by atoms with Gasteiger partial charge in [0.25, 0.3) is 0 Å². The van der Waals surface area contributed by atoms with E-state index in [0.29, 0.717) is 6.29 Å². The average Bonchev–Trinajstić information content (AvgIpc) is 2.12. The van der Waals surface area contributed by atoms with Crippen molar-refractivity contribution in [3.05, 3.63) is 34.3 Å². The molecule has 0 bridgehead atoms. The zero-order valence-corrected chi connectivity index (χ0v) is 7.99. The van der Waals surface area contributed by atoms with Crippen LogP contribution in [0.5, 0.6) is 0 Å². The predicted octanol–water partition coefficient (Wildman–Crippen LogP) is 2.91. The number of carbonyl (C=O) groups excluding carboxylic acids is 1. The van der Waals surface area contributed by atoms with Gasteiger partial charge in [-0.1, -0.05) is 17.5 Å². The molecule has 0 saturated carbocycles. The Morgan fingerprint density at radius 2 is 2.00 bits per heavy atom. The number of aldehydes is 1. The monoisotopic (exact) mass is 232 g/mol. The lowest BCUT2D eigenvalue weighted by molar-refractivity contribution is -0.137. The predicted molar refractivity (Wildman–Crippen MR) is 49.4 cm³/mol. The van der Waals surface area contributed by atoms with Crippen LogP contribution >= 0.6 is 11.6 Å². The summed E-state index contributed by atoms with van der Waals surface area (Å²) in [7, 11) is 0. The van der Waals surface area contributed by atoms with Gasteiger partial charge in [-0.05, 0) is 24.1 Å². The van der Waals surface area contributed by atoms with E-state index in [2.05, 4.69) is 11.8 Å². The highest BCUT2D eigenvalue weighted by atomic mass is 35.5. The lowest BCUT2D eigenvalue weighted by Crippen LogP contribution is -2.05. The van der Waals surface area contributed by atoms with Crippen molar-refractivity contribution in [2.45, 2.75) is 6.18 Å². The fraction of sp³-hybridized carbons (Fsp3) is 0.100. The summed E-state index contributed by atoms with van der Waals surface area (Å²) in [6.07, 6.45) is -4.13. The Balaban J connectivity index is 3.14. The topological polar surface area (TPSA) is 17.1 Å². The zero-order valence-electron chi connectivity index (χ0n) is 7.23. The number of alkyl halides is 3.